The molecule has 1 amide bonds. The summed E-state index contributed by atoms with van der Waals surface area (Å²) in [7, 11) is 0. The summed E-state index contributed by atoms with van der Waals surface area (Å²) in [5.74, 6) is 1.63. The van der Waals surface area contributed by atoms with Gasteiger partial charge in [-0.2, -0.15) is 0 Å². The van der Waals surface area contributed by atoms with Crippen LogP contribution in [0.15, 0.2) is 23.3 Å². The van der Waals surface area contributed by atoms with Gasteiger partial charge in [-0.3, -0.25) is 4.79 Å². The fourth-order valence-corrected chi connectivity index (χ4v) is 2.99. The average Bonchev–Trinajstić information content (AvgIpc) is 3.15. The second-order valence-electron chi connectivity index (χ2n) is 6.69. The fraction of sp³-hybridized carbons (Fsp3) is 0.650. The summed E-state index contributed by atoms with van der Waals surface area (Å²) >= 11 is 0. The van der Waals surface area contributed by atoms with Crippen molar-refractivity contribution in [2.45, 2.75) is 59.0 Å². The molecule has 0 radical (unpaired) electrons. The first-order valence-corrected chi connectivity index (χ1v) is 10.1. The summed E-state index contributed by atoms with van der Waals surface area (Å²) in [6.45, 7) is 9.57. The lowest BCUT2D eigenvalue weighted by Gasteiger charge is -2.18. The number of aromatic nitrogens is 1. The van der Waals surface area contributed by atoms with E-state index >= 15 is 0 Å². The maximum absolute atomic E-state index is 11.9. The molecule has 1 fully saturated rings. The van der Waals surface area contributed by atoms with Gasteiger partial charge in [0.2, 0.25) is 11.8 Å². The summed E-state index contributed by atoms with van der Waals surface area (Å²) in [4.78, 5) is 22.8. The highest BCUT2D eigenvalue weighted by atomic mass is 127. The molecule has 2 heterocycles. The van der Waals surface area contributed by atoms with Gasteiger partial charge in [0.05, 0.1) is 13.2 Å². The first-order valence-electron chi connectivity index (χ1n) is 10.1. The van der Waals surface area contributed by atoms with E-state index < -0.39 is 0 Å². The number of hydrogen-bond donors (Lipinski definition) is 2. The van der Waals surface area contributed by atoms with Crippen molar-refractivity contribution in [1.29, 1.82) is 0 Å². The summed E-state index contributed by atoms with van der Waals surface area (Å²) in [6.07, 6.45) is 5.35. The molecule has 8 heteroatoms. The SMILES string of the molecule is CCCCOc1ncccc1CN=C(NCC)NC1CCN(C(=O)CC)C1.I. The Bertz CT molecular complexity index is 626. The number of pyridine rings is 1. The topological polar surface area (TPSA) is 78.9 Å². The first-order chi connectivity index (χ1) is 13.2. The number of unbranched alkanes of at least 4 members (excludes halogenated alkanes) is 1. The van der Waals surface area contributed by atoms with Crippen molar-refractivity contribution in [1.82, 2.24) is 20.5 Å². The molecule has 1 saturated heterocycles. The summed E-state index contributed by atoms with van der Waals surface area (Å²) < 4.78 is 5.79. The van der Waals surface area contributed by atoms with Crippen LogP contribution in [0, 0.1) is 0 Å². The van der Waals surface area contributed by atoms with E-state index in [9.17, 15) is 4.79 Å². The van der Waals surface area contributed by atoms with E-state index in [0.717, 1.165) is 50.4 Å². The third-order valence-corrected chi connectivity index (χ3v) is 4.52. The molecule has 0 bridgehead atoms. The van der Waals surface area contributed by atoms with Crippen LogP contribution in [0.3, 0.4) is 0 Å². The second-order valence-corrected chi connectivity index (χ2v) is 6.69. The number of aliphatic imine (C=N–C) groups is 1. The monoisotopic (exact) mass is 503 g/mol. The number of amides is 1. The Hall–Kier alpha value is -1.58. The lowest BCUT2D eigenvalue weighted by molar-refractivity contribution is -0.129. The number of nitrogens with one attached hydrogen (secondary N) is 2. The van der Waals surface area contributed by atoms with Gasteiger partial charge in [-0.15, -0.1) is 24.0 Å². The third-order valence-electron chi connectivity index (χ3n) is 4.52. The number of likely N-dealkylation sites (tertiary alicyclic amines) is 1. The number of ether oxygens (including phenoxy) is 1. The Morgan fingerprint density at radius 2 is 2.21 bits per heavy atom. The Balaban J connectivity index is 0.00000392. The molecule has 1 unspecified atom stereocenters. The van der Waals surface area contributed by atoms with E-state index in [1.807, 2.05) is 30.9 Å². The van der Waals surface area contributed by atoms with Crippen LogP contribution < -0.4 is 15.4 Å². The summed E-state index contributed by atoms with van der Waals surface area (Å²) in [5.41, 5.74) is 0.972. The van der Waals surface area contributed by atoms with Gasteiger partial charge in [0, 0.05) is 43.9 Å². The quantitative estimate of drug-likeness (QED) is 0.235. The predicted octanol–water partition coefficient (Wildman–Crippen LogP) is 2.94. The van der Waals surface area contributed by atoms with E-state index in [1.165, 1.54) is 0 Å². The molecule has 7 nitrogen and oxygen atoms in total. The number of carbonyl (C=O) groups is 1. The molecule has 0 aromatic carbocycles. The summed E-state index contributed by atoms with van der Waals surface area (Å²) in [6, 6.07) is 4.13. The zero-order chi connectivity index (χ0) is 19.5. The third kappa shape index (κ3) is 7.81. The standard InChI is InChI=1S/C20H33N5O2.HI/c1-4-7-13-27-19-16(9-8-11-22-19)14-23-20(21-6-3)24-17-10-12-25(15-17)18(26)5-2;/h8-9,11,17H,4-7,10,12-15H2,1-3H3,(H2,21,23,24);1H. The van der Waals surface area contributed by atoms with Crippen LogP contribution in [-0.2, 0) is 11.3 Å². The Morgan fingerprint density at radius 1 is 1.39 bits per heavy atom. The minimum absolute atomic E-state index is 0. The molecule has 2 N–H and O–H groups in total. The van der Waals surface area contributed by atoms with Gasteiger partial charge in [-0.1, -0.05) is 26.3 Å². The smallest absolute Gasteiger partial charge is 0.222 e. The molecule has 158 valence electrons. The highest BCUT2D eigenvalue weighted by Crippen LogP contribution is 2.16. The number of nitrogens with zero attached hydrogens (tertiary/aromatic N) is 3. The number of halogens is 1. The lowest BCUT2D eigenvalue weighted by Crippen LogP contribution is -2.45. The van der Waals surface area contributed by atoms with Gasteiger partial charge < -0.3 is 20.3 Å². The molecule has 0 spiro atoms. The molecular formula is C20H34IN5O2. The normalized spacial score (nSPS) is 16.5. The van der Waals surface area contributed by atoms with E-state index in [1.54, 1.807) is 6.20 Å². The van der Waals surface area contributed by atoms with Crippen LogP contribution in [0.2, 0.25) is 0 Å². The molecule has 1 aliphatic heterocycles. The maximum atomic E-state index is 11.9. The van der Waals surface area contributed by atoms with Crippen molar-refractivity contribution in [3.8, 4) is 5.88 Å². The lowest BCUT2D eigenvalue weighted by atomic mass is 10.2. The molecule has 1 aromatic rings. The zero-order valence-corrected chi connectivity index (χ0v) is 19.6. The van der Waals surface area contributed by atoms with Crippen molar-refractivity contribution in [3.63, 3.8) is 0 Å². The highest BCUT2D eigenvalue weighted by molar-refractivity contribution is 14.0. The van der Waals surface area contributed by atoms with Crippen molar-refractivity contribution < 1.29 is 9.53 Å². The van der Waals surface area contributed by atoms with Crippen molar-refractivity contribution in [2.24, 2.45) is 4.99 Å². The van der Waals surface area contributed by atoms with Crippen LogP contribution >= 0.6 is 24.0 Å². The minimum atomic E-state index is 0. The molecule has 0 saturated carbocycles. The van der Waals surface area contributed by atoms with Gasteiger partial charge in [0.25, 0.3) is 0 Å². The van der Waals surface area contributed by atoms with E-state index in [4.69, 9.17) is 9.73 Å². The van der Waals surface area contributed by atoms with E-state index in [2.05, 4.69) is 22.5 Å². The Labute approximate surface area is 185 Å². The summed E-state index contributed by atoms with van der Waals surface area (Å²) in [5, 5.41) is 6.74. The Morgan fingerprint density at radius 3 is 2.93 bits per heavy atom. The van der Waals surface area contributed by atoms with Gasteiger partial charge >= 0.3 is 0 Å². The highest BCUT2D eigenvalue weighted by Gasteiger charge is 2.25. The minimum Gasteiger partial charge on any atom is -0.477 e. The molecule has 2 rings (SSSR count). The molecule has 28 heavy (non-hydrogen) atoms. The van der Waals surface area contributed by atoms with Crippen LogP contribution in [0.1, 0.15) is 52.0 Å². The Kier molecular flexibility index (Phi) is 11.9. The maximum Gasteiger partial charge on any atom is 0.222 e. The predicted molar refractivity (Wildman–Crippen MR) is 123 cm³/mol. The van der Waals surface area contributed by atoms with Gasteiger partial charge in [0.15, 0.2) is 5.96 Å². The number of carbonyl (C=O) groups excluding carboxylic acids is 1. The number of hydrogen-bond acceptors (Lipinski definition) is 4. The molecular weight excluding hydrogens is 469 g/mol. The molecule has 1 atom stereocenters. The van der Waals surface area contributed by atoms with Crippen LogP contribution in [0.25, 0.3) is 0 Å². The number of guanidine groups is 1. The van der Waals surface area contributed by atoms with Crippen molar-refractivity contribution in [2.75, 3.05) is 26.2 Å². The van der Waals surface area contributed by atoms with E-state index in [-0.39, 0.29) is 35.9 Å². The molecule has 1 aliphatic rings. The van der Waals surface area contributed by atoms with Crippen LogP contribution in [-0.4, -0.2) is 54.0 Å². The number of rotatable bonds is 9. The second kappa shape index (κ2) is 13.6. The molecule has 1 aromatic heterocycles. The van der Waals surface area contributed by atoms with Crippen molar-refractivity contribution in [3.05, 3.63) is 23.9 Å². The van der Waals surface area contributed by atoms with E-state index in [0.29, 0.717) is 25.5 Å². The largest absolute Gasteiger partial charge is 0.477 e. The van der Waals surface area contributed by atoms with Crippen LogP contribution in [0.5, 0.6) is 5.88 Å². The molecule has 0 aliphatic carbocycles. The van der Waals surface area contributed by atoms with Gasteiger partial charge in [0.1, 0.15) is 0 Å². The van der Waals surface area contributed by atoms with Gasteiger partial charge in [-0.25, -0.2) is 9.98 Å². The first kappa shape index (κ1) is 24.5. The fourth-order valence-electron chi connectivity index (χ4n) is 2.99. The average molecular weight is 503 g/mol. The van der Waals surface area contributed by atoms with Crippen molar-refractivity contribution >= 4 is 35.8 Å². The van der Waals surface area contributed by atoms with Gasteiger partial charge in [-0.05, 0) is 25.8 Å². The zero-order valence-electron chi connectivity index (χ0n) is 17.2. The van der Waals surface area contributed by atoms with Crippen LogP contribution in [0.4, 0.5) is 0 Å².